The second-order valence-corrected chi connectivity index (χ2v) is 7.78. The smallest absolute Gasteiger partial charge is 0.330 e. The number of amides is 1. The lowest BCUT2D eigenvalue weighted by Crippen LogP contribution is -2.34. The molecule has 1 N–H and O–H groups in total. The fourth-order valence-corrected chi connectivity index (χ4v) is 3.19. The molecule has 0 bridgehead atoms. The largest absolute Gasteiger partial charge is 0.330 e. The molecule has 0 spiro atoms. The van der Waals surface area contributed by atoms with E-state index in [1.54, 1.807) is 14.0 Å². The predicted molar refractivity (Wildman–Crippen MR) is 111 cm³/mol. The van der Waals surface area contributed by atoms with Crippen LogP contribution in [0.4, 0.5) is 0 Å². The second-order valence-electron chi connectivity index (χ2n) is 7.78. The SMILES string of the molecule is CCCCn1c(=O)[nH]c(=O)c2c1nc(CCC(=O)N(C)[C@@H](C)C#N)n2CC(C)C. The van der Waals surface area contributed by atoms with Gasteiger partial charge in [-0.25, -0.2) is 9.78 Å². The summed E-state index contributed by atoms with van der Waals surface area (Å²) in [5.41, 5.74) is -0.182. The number of hydrogen-bond acceptors (Lipinski definition) is 5. The van der Waals surface area contributed by atoms with E-state index in [-0.39, 0.29) is 18.2 Å². The number of unbranched alkanes of at least 4 members (excludes halogenated alkanes) is 1. The lowest BCUT2D eigenvalue weighted by Gasteiger charge is -2.19. The molecule has 0 radical (unpaired) electrons. The molecule has 2 heterocycles. The van der Waals surface area contributed by atoms with Crippen molar-refractivity contribution < 1.29 is 4.79 Å². The average Bonchev–Trinajstić information content (AvgIpc) is 3.02. The van der Waals surface area contributed by atoms with Crippen molar-refractivity contribution in [1.82, 2.24) is 24.0 Å². The van der Waals surface area contributed by atoms with Crippen LogP contribution in [-0.2, 0) is 24.3 Å². The summed E-state index contributed by atoms with van der Waals surface area (Å²) in [4.78, 5) is 45.7. The highest BCUT2D eigenvalue weighted by atomic mass is 16.2. The van der Waals surface area contributed by atoms with Crippen LogP contribution in [0.15, 0.2) is 9.59 Å². The predicted octanol–water partition coefficient (Wildman–Crippen LogP) is 1.65. The minimum Gasteiger partial charge on any atom is -0.330 e. The maximum atomic E-state index is 12.6. The summed E-state index contributed by atoms with van der Waals surface area (Å²) in [6, 6.07) is 1.53. The van der Waals surface area contributed by atoms with Crippen molar-refractivity contribution in [3.05, 3.63) is 26.7 Å². The summed E-state index contributed by atoms with van der Waals surface area (Å²) in [7, 11) is 1.60. The van der Waals surface area contributed by atoms with E-state index in [1.807, 2.05) is 31.4 Å². The van der Waals surface area contributed by atoms with Gasteiger partial charge in [-0.05, 0) is 19.3 Å². The number of nitriles is 1. The molecule has 0 saturated heterocycles. The van der Waals surface area contributed by atoms with Gasteiger partial charge in [0.05, 0.1) is 6.07 Å². The number of hydrogen-bond donors (Lipinski definition) is 1. The molecule has 1 amide bonds. The van der Waals surface area contributed by atoms with Crippen LogP contribution in [-0.4, -0.2) is 43.0 Å². The van der Waals surface area contributed by atoms with Crippen LogP contribution in [0.1, 0.15) is 52.8 Å². The number of H-pyrrole nitrogens is 1. The van der Waals surface area contributed by atoms with E-state index in [2.05, 4.69) is 9.97 Å². The third-order valence-electron chi connectivity index (χ3n) is 4.97. The summed E-state index contributed by atoms with van der Waals surface area (Å²) in [6.45, 7) is 8.79. The number of fused-ring (bicyclic) bond motifs is 1. The minimum absolute atomic E-state index is 0.167. The first-order valence-electron chi connectivity index (χ1n) is 10.1. The zero-order chi connectivity index (χ0) is 21.7. The summed E-state index contributed by atoms with van der Waals surface area (Å²) < 4.78 is 3.33. The highest BCUT2D eigenvalue weighted by Crippen LogP contribution is 2.16. The fourth-order valence-electron chi connectivity index (χ4n) is 3.19. The van der Waals surface area contributed by atoms with Crippen molar-refractivity contribution >= 4 is 17.1 Å². The van der Waals surface area contributed by atoms with Crippen molar-refractivity contribution in [2.45, 2.75) is 72.5 Å². The van der Waals surface area contributed by atoms with Gasteiger partial charge in [-0.2, -0.15) is 5.26 Å². The van der Waals surface area contributed by atoms with E-state index in [9.17, 15) is 14.4 Å². The Hall–Kier alpha value is -2.89. The van der Waals surface area contributed by atoms with E-state index < -0.39 is 17.3 Å². The molecule has 0 aliphatic heterocycles. The zero-order valence-electron chi connectivity index (χ0n) is 17.9. The molecule has 0 aliphatic rings. The third kappa shape index (κ3) is 4.94. The first-order valence-corrected chi connectivity index (χ1v) is 10.1. The molecule has 0 aliphatic carbocycles. The first-order chi connectivity index (χ1) is 13.7. The molecule has 2 rings (SSSR count). The van der Waals surface area contributed by atoms with Gasteiger partial charge in [-0.1, -0.05) is 27.2 Å². The van der Waals surface area contributed by atoms with Crippen molar-refractivity contribution in [3.63, 3.8) is 0 Å². The Bertz CT molecular complexity index is 1020. The summed E-state index contributed by atoms with van der Waals surface area (Å²) in [6.07, 6.45) is 2.19. The van der Waals surface area contributed by atoms with E-state index in [0.717, 1.165) is 12.8 Å². The Labute approximate surface area is 170 Å². The molecule has 0 aromatic carbocycles. The maximum Gasteiger partial charge on any atom is 0.330 e. The fraction of sp³-hybridized carbons (Fsp3) is 0.650. The molecule has 1 atom stereocenters. The Kier molecular flexibility index (Phi) is 7.37. The Morgan fingerprint density at radius 1 is 1.28 bits per heavy atom. The van der Waals surface area contributed by atoms with E-state index in [1.165, 1.54) is 9.47 Å². The van der Waals surface area contributed by atoms with Crippen LogP contribution in [0.25, 0.3) is 11.2 Å². The molecule has 0 fully saturated rings. The van der Waals surface area contributed by atoms with Gasteiger partial charge >= 0.3 is 5.69 Å². The van der Waals surface area contributed by atoms with Gasteiger partial charge in [0, 0.05) is 33.0 Å². The number of carbonyl (C=O) groups excluding carboxylic acids is 1. The monoisotopic (exact) mass is 402 g/mol. The molecular weight excluding hydrogens is 372 g/mol. The lowest BCUT2D eigenvalue weighted by molar-refractivity contribution is -0.130. The van der Waals surface area contributed by atoms with E-state index in [4.69, 9.17) is 5.26 Å². The molecule has 158 valence electrons. The van der Waals surface area contributed by atoms with Gasteiger partial charge < -0.3 is 9.47 Å². The number of rotatable bonds is 9. The van der Waals surface area contributed by atoms with Crippen molar-refractivity contribution in [3.8, 4) is 6.07 Å². The number of imidazole rings is 1. The normalized spacial score (nSPS) is 12.3. The quantitative estimate of drug-likeness (QED) is 0.684. The van der Waals surface area contributed by atoms with Crippen LogP contribution in [0.5, 0.6) is 0 Å². The van der Waals surface area contributed by atoms with Gasteiger partial charge in [0.2, 0.25) is 5.91 Å². The molecule has 9 nitrogen and oxygen atoms in total. The van der Waals surface area contributed by atoms with E-state index in [0.29, 0.717) is 36.5 Å². The first kappa shape index (κ1) is 22.4. The van der Waals surface area contributed by atoms with Crippen molar-refractivity contribution in [2.75, 3.05) is 7.05 Å². The summed E-state index contributed by atoms with van der Waals surface area (Å²) >= 11 is 0. The van der Waals surface area contributed by atoms with Crippen LogP contribution < -0.4 is 11.2 Å². The van der Waals surface area contributed by atoms with Crippen LogP contribution in [0.2, 0.25) is 0 Å². The zero-order valence-corrected chi connectivity index (χ0v) is 17.9. The Morgan fingerprint density at radius 3 is 2.55 bits per heavy atom. The van der Waals surface area contributed by atoms with Crippen molar-refractivity contribution in [1.29, 1.82) is 5.26 Å². The van der Waals surface area contributed by atoms with Gasteiger partial charge in [0.25, 0.3) is 5.56 Å². The molecule has 2 aromatic heterocycles. The van der Waals surface area contributed by atoms with Gasteiger partial charge in [0.1, 0.15) is 11.9 Å². The number of aryl methyl sites for hydroxylation is 2. The standard InChI is InChI=1S/C20H30N6O3/c1-6-7-10-25-18-17(19(28)23-20(25)29)26(12-13(2)3)15(22-18)8-9-16(27)24(5)14(4)11-21/h13-14H,6-10,12H2,1-5H3,(H,23,28,29)/t14-/m0/s1. The van der Waals surface area contributed by atoms with Crippen molar-refractivity contribution in [2.24, 2.45) is 5.92 Å². The third-order valence-corrected chi connectivity index (χ3v) is 4.97. The Balaban J connectivity index is 2.50. The second kappa shape index (κ2) is 9.54. The number of nitrogens with one attached hydrogen (secondary N) is 1. The molecule has 0 unspecified atom stereocenters. The van der Waals surface area contributed by atoms with E-state index >= 15 is 0 Å². The summed E-state index contributed by atoms with van der Waals surface area (Å²) in [5, 5.41) is 9.00. The Morgan fingerprint density at radius 2 is 1.97 bits per heavy atom. The van der Waals surface area contributed by atoms with Gasteiger partial charge in [0.15, 0.2) is 11.2 Å². The maximum absolute atomic E-state index is 12.6. The van der Waals surface area contributed by atoms with Gasteiger partial charge in [-0.3, -0.25) is 19.1 Å². The van der Waals surface area contributed by atoms with Crippen LogP contribution in [0, 0.1) is 17.2 Å². The summed E-state index contributed by atoms with van der Waals surface area (Å²) in [5.74, 6) is 0.680. The molecular formula is C20H30N6O3. The van der Waals surface area contributed by atoms with Crippen LogP contribution >= 0.6 is 0 Å². The number of nitrogens with zero attached hydrogens (tertiary/aromatic N) is 5. The van der Waals surface area contributed by atoms with Gasteiger partial charge in [-0.15, -0.1) is 0 Å². The number of aromatic nitrogens is 4. The molecule has 29 heavy (non-hydrogen) atoms. The number of carbonyl (C=O) groups is 1. The lowest BCUT2D eigenvalue weighted by atomic mass is 10.2. The number of aromatic amines is 1. The highest BCUT2D eigenvalue weighted by molar-refractivity contribution is 5.77. The topological polar surface area (TPSA) is 117 Å². The molecule has 9 heteroatoms. The average molecular weight is 402 g/mol. The van der Waals surface area contributed by atoms with Crippen LogP contribution in [0.3, 0.4) is 0 Å². The molecule has 0 saturated carbocycles. The minimum atomic E-state index is -0.515. The highest BCUT2D eigenvalue weighted by Gasteiger charge is 2.21. The molecule has 2 aromatic rings.